The number of imidazole rings is 1. The Labute approximate surface area is 214 Å². The minimum atomic E-state index is 0.124. The molecule has 0 bridgehead atoms. The average Bonchev–Trinajstić information content (AvgIpc) is 3.54. The van der Waals surface area contributed by atoms with E-state index < -0.39 is 0 Å². The van der Waals surface area contributed by atoms with E-state index in [4.69, 9.17) is 9.72 Å². The van der Waals surface area contributed by atoms with Gasteiger partial charge < -0.3 is 19.7 Å². The van der Waals surface area contributed by atoms with E-state index in [0.717, 1.165) is 85.1 Å². The number of carbonyl (C=O) groups is 1. The van der Waals surface area contributed by atoms with Crippen LogP contribution in [0, 0.1) is 12.8 Å². The third kappa shape index (κ3) is 5.43. The van der Waals surface area contributed by atoms with Crippen LogP contribution in [0.15, 0.2) is 47.6 Å². The number of rotatable bonds is 8. The molecule has 0 unspecified atom stereocenters. The molecule has 2 fully saturated rings. The largest absolute Gasteiger partial charge is 0.379 e. The van der Waals surface area contributed by atoms with Crippen molar-refractivity contribution in [1.29, 1.82) is 0 Å². The summed E-state index contributed by atoms with van der Waals surface area (Å²) in [6.45, 7) is 6.84. The molecule has 3 aliphatic rings. The van der Waals surface area contributed by atoms with Gasteiger partial charge in [0, 0.05) is 54.1 Å². The van der Waals surface area contributed by atoms with Gasteiger partial charge in [0.15, 0.2) is 5.82 Å². The monoisotopic (exact) mass is 506 g/mol. The summed E-state index contributed by atoms with van der Waals surface area (Å²) in [5.74, 6) is 2.94. The number of amides is 1. The highest BCUT2D eigenvalue weighted by Crippen LogP contribution is 2.33. The number of benzene rings is 1. The average molecular weight is 507 g/mol. The lowest BCUT2D eigenvalue weighted by molar-refractivity contribution is -0.117. The zero-order valence-corrected chi connectivity index (χ0v) is 21.1. The van der Waals surface area contributed by atoms with E-state index in [2.05, 4.69) is 47.0 Å². The molecule has 6 rings (SSSR count). The Morgan fingerprint density at radius 3 is 2.75 bits per heavy atom. The summed E-state index contributed by atoms with van der Waals surface area (Å²) in [6.07, 6.45) is 6.20. The number of fused-ring (bicyclic) bond motifs is 1. The molecule has 3 aromatic rings. The number of H-pyrrole nitrogens is 1. The van der Waals surface area contributed by atoms with E-state index in [-0.39, 0.29) is 11.8 Å². The fraction of sp³-hybridized carbons (Fsp3) is 0.400. The predicted octanol–water partition coefficient (Wildman–Crippen LogP) is 3.49. The number of aromatic nitrogens is 4. The molecule has 3 N–H and O–H groups in total. The van der Waals surface area contributed by atoms with Crippen LogP contribution in [0.3, 0.4) is 0 Å². The molecule has 1 aliphatic carbocycles. The van der Waals surface area contributed by atoms with Gasteiger partial charge >= 0.3 is 0 Å². The minimum Gasteiger partial charge on any atom is -0.379 e. The topological polar surface area (TPSA) is 103 Å². The summed E-state index contributed by atoms with van der Waals surface area (Å²) in [6, 6.07) is 9.98. The SMILES string of the molecule is Cc1cc(NC2=CN(Sc3ccc(NC(=O)C4CC4)cc3)Cc3nc(CN4CCOCC4)cn32)n[nH]1. The molecule has 4 heterocycles. The van der Waals surface area contributed by atoms with E-state index in [1.54, 1.807) is 11.9 Å². The standard InChI is InChI=1S/C25H30N8O2S/c1-17-12-22(30-29-17)28-24-16-32(36-21-6-4-19(5-7-21)27-25(34)18-2-3-18)15-23-26-20(14-33(23)24)13-31-8-10-35-11-9-31/h4-7,12,14,16,18H,2-3,8-11,13,15H2,1H3,(H,27,34)(H2,28,29,30). The third-order valence-corrected chi connectivity index (χ3v) is 7.35. The molecule has 2 aliphatic heterocycles. The summed E-state index contributed by atoms with van der Waals surface area (Å²) in [5.41, 5.74) is 2.87. The second-order valence-corrected chi connectivity index (χ2v) is 10.6. The van der Waals surface area contributed by atoms with Crippen LogP contribution >= 0.6 is 11.9 Å². The number of hydrogen-bond acceptors (Lipinski definition) is 8. The molecule has 11 heteroatoms. The number of carbonyl (C=O) groups excluding carboxylic acids is 1. The Kier molecular flexibility index (Phi) is 6.43. The molecule has 36 heavy (non-hydrogen) atoms. The summed E-state index contributed by atoms with van der Waals surface area (Å²) < 4.78 is 9.77. The summed E-state index contributed by atoms with van der Waals surface area (Å²) in [7, 11) is 0. The zero-order chi connectivity index (χ0) is 24.5. The van der Waals surface area contributed by atoms with Gasteiger partial charge in [-0.1, -0.05) is 0 Å². The summed E-state index contributed by atoms with van der Waals surface area (Å²) >= 11 is 1.63. The van der Waals surface area contributed by atoms with E-state index >= 15 is 0 Å². The van der Waals surface area contributed by atoms with Crippen LogP contribution in [0.5, 0.6) is 0 Å². The van der Waals surface area contributed by atoms with Gasteiger partial charge in [0.1, 0.15) is 11.6 Å². The van der Waals surface area contributed by atoms with E-state index in [9.17, 15) is 4.79 Å². The maximum absolute atomic E-state index is 12.0. The fourth-order valence-corrected chi connectivity index (χ4v) is 5.19. The van der Waals surface area contributed by atoms with Gasteiger partial charge in [-0.3, -0.25) is 19.4 Å². The Morgan fingerprint density at radius 1 is 1.22 bits per heavy atom. The van der Waals surface area contributed by atoms with Crippen LogP contribution in [0.25, 0.3) is 5.82 Å². The molecule has 1 aromatic carbocycles. The van der Waals surface area contributed by atoms with Crippen molar-refractivity contribution in [3.63, 3.8) is 0 Å². The van der Waals surface area contributed by atoms with Gasteiger partial charge in [0.25, 0.3) is 0 Å². The molecule has 0 spiro atoms. The Balaban J connectivity index is 1.19. The molecule has 188 valence electrons. The lowest BCUT2D eigenvalue weighted by Gasteiger charge is -2.26. The molecular weight excluding hydrogens is 476 g/mol. The smallest absolute Gasteiger partial charge is 0.227 e. The first-order valence-electron chi connectivity index (χ1n) is 12.3. The number of ether oxygens (including phenoxy) is 1. The molecule has 1 saturated carbocycles. The van der Waals surface area contributed by atoms with Crippen molar-refractivity contribution in [2.45, 2.75) is 37.8 Å². The fourth-order valence-electron chi connectivity index (χ4n) is 4.33. The van der Waals surface area contributed by atoms with Gasteiger partial charge in [-0.2, -0.15) is 5.10 Å². The highest BCUT2D eigenvalue weighted by molar-refractivity contribution is 7.97. The zero-order valence-electron chi connectivity index (χ0n) is 20.2. The highest BCUT2D eigenvalue weighted by atomic mass is 32.2. The number of nitrogens with one attached hydrogen (secondary N) is 3. The maximum atomic E-state index is 12.0. The number of nitrogens with zero attached hydrogens (tertiary/aromatic N) is 5. The van der Waals surface area contributed by atoms with Gasteiger partial charge in [-0.05, 0) is 56.0 Å². The second-order valence-electron chi connectivity index (χ2n) is 9.44. The number of anilines is 2. The summed E-state index contributed by atoms with van der Waals surface area (Å²) in [4.78, 5) is 20.5. The molecule has 1 saturated heterocycles. The second kappa shape index (κ2) is 10.00. The van der Waals surface area contributed by atoms with Crippen molar-refractivity contribution in [2.24, 2.45) is 5.92 Å². The Hall–Kier alpha value is -3.28. The number of aromatic amines is 1. The van der Waals surface area contributed by atoms with Crippen molar-refractivity contribution in [3.8, 4) is 0 Å². The predicted molar refractivity (Wildman–Crippen MR) is 139 cm³/mol. The number of aryl methyl sites for hydroxylation is 1. The van der Waals surface area contributed by atoms with Crippen LogP contribution in [0.1, 0.15) is 30.1 Å². The molecular formula is C25H30N8O2S. The molecule has 0 atom stereocenters. The lowest BCUT2D eigenvalue weighted by atomic mass is 10.3. The maximum Gasteiger partial charge on any atom is 0.227 e. The first kappa shape index (κ1) is 23.1. The highest BCUT2D eigenvalue weighted by Gasteiger charge is 2.29. The van der Waals surface area contributed by atoms with Crippen molar-refractivity contribution >= 4 is 35.2 Å². The van der Waals surface area contributed by atoms with Crippen molar-refractivity contribution in [2.75, 3.05) is 36.9 Å². The molecule has 10 nitrogen and oxygen atoms in total. The Morgan fingerprint density at radius 2 is 2.03 bits per heavy atom. The normalized spacial score (nSPS) is 18.0. The molecule has 0 radical (unpaired) electrons. The lowest BCUT2D eigenvalue weighted by Crippen LogP contribution is -2.35. The van der Waals surface area contributed by atoms with Crippen molar-refractivity contribution < 1.29 is 9.53 Å². The summed E-state index contributed by atoms with van der Waals surface area (Å²) in [5, 5.41) is 13.8. The van der Waals surface area contributed by atoms with Crippen molar-refractivity contribution in [1.82, 2.24) is 29.0 Å². The first-order valence-corrected chi connectivity index (χ1v) is 13.1. The van der Waals surface area contributed by atoms with Crippen LogP contribution in [0.4, 0.5) is 11.5 Å². The van der Waals surface area contributed by atoms with Gasteiger partial charge in [-0.25, -0.2) is 4.98 Å². The van der Waals surface area contributed by atoms with Crippen LogP contribution in [-0.4, -0.2) is 61.2 Å². The van der Waals surface area contributed by atoms with Crippen LogP contribution in [0.2, 0.25) is 0 Å². The third-order valence-electron chi connectivity index (χ3n) is 6.40. The number of hydrogen-bond donors (Lipinski definition) is 3. The minimum absolute atomic E-state index is 0.124. The Bertz CT molecular complexity index is 1260. The quantitative estimate of drug-likeness (QED) is 0.399. The van der Waals surface area contributed by atoms with Crippen LogP contribution in [-0.2, 0) is 22.6 Å². The van der Waals surface area contributed by atoms with E-state index in [1.807, 2.05) is 37.3 Å². The van der Waals surface area contributed by atoms with Crippen molar-refractivity contribution in [3.05, 3.63) is 59.9 Å². The van der Waals surface area contributed by atoms with E-state index in [1.165, 1.54) is 0 Å². The first-order chi connectivity index (χ1) is 17.6. The molecule has 2 aromatic heterocycles. The van der Waals surface area contributed by atoms with Crippen LogP contribution < -0.4 is 10.6 Å². The van der Waals surface area contributed by atoms with Gasteiger partial charge in [-0.15, -0.1) is 0 Å². The van der Waals surface area contributed by atoms with Gasteiger partial charge in [0.05, 0.1) is 31.7 Å². The number of morpholine rings is 1. The van der Waals surface area contributed by atoms with Gasteiger partial charge in [0.2, 0.25) is 5.91 Å². The molecule has 1 amide bonds. The van der Waals surface area contributed by atoms with E-state index in [0.29, 0.717) is 6.54 Å².